The molecule has 3 rings (SSSR count). The number of aryl methyl sites for hydroxylation is 2. The number of nitrogens with one attached hydrogen (secondary N) is 1. The van der Waals surface area contributed by atoms with E-state index in [0.29, 0.717) is 5.92 Å². The molecule has 0 saturated heterocycles. The van der Waals surface area contributed by atoms with Crippen molar-refractivity contribution < 1.29 is 4.79 Å². The number of rotatable bonds is 3. The van der Waals surface area contributed by atoms with Crippen LogP contribution in [0.15, 0.2) is 6.07 Å². The van der Waals surface area contributed by atoms with E-state index in [2.05, 4.69) is 11.4 Å². The van der Waals surface area contributed by atoms with Crippen LogP contribution in [-0.4, -0.2) is 17.8 Å². The Hall–Kier alpha value is -0.540. The topological polar surface area (TPSA) is 29.1 Å². The van der Waals surface area contributed by atoms with Crippen LogP contribution < -0.4 is 5.32 Å². The molecule has 98 valence electrons. The van der Waals surface area contributed by atoms with Crippen molar-refractivity contribution in [3.63, 3.8) is 0 Å². The molecule has 0 bridgehead atoms. The fourth-order valence-corrected chi connectivity index (χ4v) is 4.51. The van der Waals surface area contributed by atoms with Crippen LogP contribution in [0.3, 0.4) is 0 Å². The minimum absolute atomic E-state index is 0.0881. The Kier molecular flexibility index (Phi) is 3.62. The molecule has 1 fully saturated rings. The summed E-state index contributed by atoms with van der Waals surface area (Å²) in [6.45, 7) is 0.732. The van der Waals surface area contributed by atoms with Crippen LogP contribution in [0.25, 0.3) is 0 Å². The van der Waals surface area contributed by atoms with Crippen molar-refractivity contribution in [2.45, 2.75) is 43.9 Å². The van der Waals surface area contributed by atoms with Crippen LogP contribution >= 0.6 is 22.9 Å². The smallest absolute Gasteiger partial charge is 0.261 e. The average Bonchev–Trinajstić information content (AvgIpc) is 3.00. The molecular weight excluding hydrogens is 266 g/mol. The summed E-state index contributed by atoms with van der Waals surface area (Å²) >= 11 is 7.89. The summed E-state index contributed by atoms with van der Waals surface area (Å²) < 4.78 is 0. The molecule has 2 aliphatic carbocycles. The van der Waals surface area contributed by atoms with Gasteiger partial charge >= 0.3 is 0 Å². The zero-order valence-corrected chi connectivity index (χ0v) is 11.9. The zero-order valence-electron chi connectivity index (χ0n) is 10.4. The van der Waals surface area contributed by atoms with Crippen LogP contribution in [0.5, 0.6) is 0 Å². The minimum atomic E-state index is 0.0881. The monoisotopic (exact) mass is 283 g/mol. The summed E-state index contributed by atoms with van der Waals surface area (Å²) in [7, 11) is 0. The van der Waals surface area contributed by atoms with E-state index in [1.54, 1.807) is 11.3 Å². The van der Waals surface area contributed by atoms with Crippen molar-refractivity contribution in [3.05, 3.63) is 21.4 Å². The first kappa shape index (κ1) is 12.5. The maximum absolute atomic E-state index is 12.1. The van der Waals surface area contributed by atoms with E-state index >= 15 is 0 Å². The lowest BCUT2D eigenvalue weighted by Crippen LogP contribution is -2.30. The molecule has 1 amide bonds. The van der Waals surface area contributed by atoms with Crippen LogP contribution in [0.2, 0.25) is 0 Å². The Morgan fingerprint density at radius 1 is 1.39 bits per heavy atom. The predicted octanol–water partition coefficient (Wildman–Crippen LogP) is 3.37. The fraction of sp³-hybridized carbons (Fsp3) is 0.643. The van der Waals surface area contributed by atoms with Gasteiger partial charge in [0.15, 0.2) is 0 Å². The Morgan fingerprint density at radius 2 is 2.28 bits per heavy atom. The van der Waals surface area contributed by atoms with Gasteiger partial charge in [0.05, 0.1) is 4.88 Å². The number of hydrogen-bond donors (Lipinski definition) is 1. The van der Waals surface area contributed by atoms with Crippen LogP contribution in [0.1, 0.15) is 45.8 Å². The van der Waals surface area contributed by atoms with Gasteiger partial charge in [-0.2, -0.15) is 0 Å². The first-order valence-electron chi connectivity index (χ1n) is 6.78. The third-order valence-electron chi connectivity index (χ3n) is 4.06. The molecule has 18 heavy (non-hydrogen) atoms. The van der Waals surface area contributed by atoms with Gasteiger partial charge < -0.3 is 5.32 Å². The third-order valence-corrected chi connectivity index (χ3v) is 5.87. The maximum Gasteiger partial charge on any atom is 0.261 e. The van der Waals surface area contributed by atoms with Crippen molar-refractivity contribution in [2.75, 3.05) is 6.54 Å². The van der Waals surface area contributed by atoms with E-state index < -0.39 is 0 Å². The van der Waals surface area contributed by atoms with Gasteiger partial charge in [-0.25, -0.2) is 0 Å². The summed E-state index contributed by atoms with van der Waals surface area (Å²) in [5, 5.41) is 3.30. The van der Waals surface area contributed by atoms with Crippen molar-refractivity contribution in [1.29, 1.82) is 0 Å². The van der Waals surface area contributed by atoms with Crippen molar-refractivity contribution in [2.24, 2.45) is 5.92 Å². The number of halogens is 1. The molecule has 2 unspecified atom stereocenters. The molecule has 0 aromatic carbocycles. The first-order chi connectivity index (χ1) is 8.74. The van der Waals surface area contributed by atoms with Crippen LogP contribution in [-0.2, 0) is 12.8 Å². The number of carbonyl (C=O) groups is 1. The van der Waals surface area contributed by atoms with Crippen molar-refractivity contribution in [1.82, 2.24) is 5.32 Å². The highest BCUT2D eigenvalue weighted by Gasteiger charge is 2.26. The lowest BCUT2D eigenvalue weighted by Gasteiger charge is -2.13. The molecule has 1 aromatic heterocycles. The quantitative estimate of drug-likeness (QED) is 0.847. The molecule has 4 heteroatoms. The van der Waals surface area contributed by atoms with Crippen molar-refractivity contribution >= 4 is 28.8 Å². The molecule has 0 spiro atoms. The van der Waals surface area contributed by atoms with E-state index in [0.717, 1.165) is 37.1 Å². The summed E-state index contributed by atoms with van der Waals surface area (Å²) in [6.07, 6.45) is 6.98. The van der Waals surface area contributed by atoms with Gasteiger partial charge in [-0.15, -0.1) is 22.9 Å². The third kappa shape index (κ3) is 2.43. The van der Waals surface area contributed by atoms with E-state index in [4.69, 9.17) is 11.6 Å². The van der Waals surface area contributed by atoms with Gasteiger partial charge in [0.25, 0.3) is 5.91 Å². The highest BCUT2D eigenvalue weighted by molar-refractivity contribution is 7.14. The lowest BCUT2D eigenvalue weighted by molar-refractivity contribution is 0.0951. The molecular formula is C14H18ClNOS. The van der Waals surface area contributed by atoms with E-state index in [-0.39, 0.29) is 11.3 Å². The number of alkyl halides is 1. The Labute approximate surface area is 117 Å². The number of fused-ring (bicyclic) bond motifs is 1. The number of carbonyl (C=O) groups excluding carboxylic acids is 1. The molecule has 2 nitrogen and oxygen atoms in total. The first-order valence-corrected chi connectivity index (χ1v) is 8.03. The molecule has 1 heterocycles. The summed E-state index contributed by atoms with van der Waals surface area (Å²) in [5.41, 5.74) is 1.39. The molecule has 2 atom stereocenters. The van der Waals surface area contributed by atoms with Gasteiger partial charge in [0.1, 0.15) is 0 Å². The summed E-state index contributed by atoms with van der Waals surface area (Å²) in [5.74, 6) is 0.549. The molecule has 1 saturated carbocycles. The van der Waals surface area contributed by atoms with Gasteiger partial charge in [-0.3, -0.25) is 4.79 Å². The number of hydrogen-bond acceptors (Lipinski definition) is 2. The van der Waals surface area contributed by atoms with Gasteiger partial charge in [0.2, 0.25) is 0 Å². The standard InChI is InChI=1S/C14H18ClNOS/c15-11-5-1-4-10(11)8-16-14(17)13-7-9-3-2-6-12(9)18-13/h7,10-11H,1-6,8H2,(H,16,17). The second kappa shape index (κ2) is 5.22. The largest absolute Gasteiger partial charge is 0.351 e. The normalized spacial score (nSPS) is 26.3. The van der Waals surface area contributed by atoms with Crippen LogP contribution in [0.4, 0.5) is 0 Å². The average molecular weight is 284 g/mol. The molecule has 1 aromatic rings. The molecule has 2 aliphatic rings. The Bertz CT molecular complexity index is 435. The summed E-state index contributed by atoms with van der Waals surface area (Å²) in [4.78, 5) is 14.4. The second-order valence-corrected chi connectivity index (χ2v) is 7.03. The molecule has 0 radical (unpaired) electrons. The van der Waals surface area contributed by atoms with E-state index in [1.165, 1.54) is 23.3 Å². The Morgan fingerprint density at radius 3 is 3.00 bits per heavy atom. The predicted molar refractivity (Wildman–Crippen MR) is 75.7 cm³/mol. The lowest BCUT2D eigenvalue weighted by atomic mass is 10.1. The Balaban J connectivity index is 1.57. The minimum Gasteiger partial charge on any atom is -0.351 e. The highest BCUT2D eigenvalue weighted by atomic mass is 35.5. The fourth-order valence-electron chi connectivity index (χ4n) is 2.97. The SMILES string of the molecule is O=C(NCC1CCCC1Cl)c1cc2c(s1)CCC2. The van der Waals surface area contributed by atoms with Crippen molar-refractivity contribution in [3.8, 4) is 0 Å². The second-order valence-electron chi connectivity index (χ2n) is 5.33. The van der Waals surface area contributed by atoms with Gasteiger partial charge in [0, 0.05) is 16.8 Å². The zero-order chi connectivity index (χ0) is 12.5. The van der Waals surface area contributed by atoms with Gasteiger partial charge in [-0.1, -0.05) is 6.42 Å². The number of thiophene rings is 1. The molecule has 1 N–H and O–H groups in total. The summed E-state index contributed by atoms with van der Waals surface area (Å²) in [6, 6.07) is 2.08. The number of amides is 1. The maximum atomic E-state index is 12.1. The van der Waals surface area contributed by atoms with E-state index in [1.807, 2.05) is 0 Å². The molecule has 0 aliphatic heterocycles. The van der Waals surface area contributed by atoms with Crippen LogP contribution in [0, 0.1) is 5.92 Å². The van der Waals surface area contributed by atoms with E-state index in [9.17, 15) is 4.79 Å². The van der Waals surface area contributed by atoms with Gasteiger partial charge in [-0.05, 0) is 49.7 Å². The highest BCUT2D eigenvalue weighted by Crippen LogP contribution is 2.31.